The summed E-state index contributed by atoms with van der Waals surface area (Å²) in [6.45, 7) is 5.36. The number of piperidine rings is 1. The predicted octanol–water partition coefficient (Wildman–Crippen LogP) is 1.76. The van der Waals surface area contributed by atoms with E-state index >= 15 is 0 Å². The quantitative estimate of drug-likeness (QED) is 0.783. The first kappa shape index (κ1) is 12.6. The molecule has 0 unspecified atom stereocenters. The first-order valence-corrected chi connectivity index (χ1v) is 7.20. The number of aryl methyl sites for hydroxylation is 1. The summed E-state index contributed by atoms with van der Waals surface area (Å²) in [6, 6.07) is 7.21. The van der Waals surface area contributed by atoms with Gasteiger partial charge >= 0.3 is 0 Å². The number of H-pyrrole nitrogens is 1. The number of nitrogens with one attached hydrogen (secondary N) is 3. The standard InChI is InChI=1S/C15H22N4/c1-11-18-14-3-2-12(10-15(14)19-11)4-9-17-13-5-7-16-8-6-13/h2-3,10,13,16-17H,4-9H2,1H3,(H,18,19). The fourth-order valence-electron chi connectivity index (χ4n) is 2.79. The monoisotopic (exact) mass is 258 g/mol. The summed E-state index contributed by atoms with van der Waals surface area (Å²) in [5.41, 5.74) is 3.59. The fourth-order valence-corrected chi connectivity index (χ4v) is 2.79. The van der Waals surface area contributed by atoms with Gasteiger partial charge in [0.15, 0.2) is 0 Å². The van der Waals surface area contributed by atoms with Crippen LogP contribution >= 0.6 is 0 Å². The molecule has 19 heavy (non-hydrogen) atoms. The molecule has 102 valence electrons. The fraction of sp³-hybridized carbons (Fsp3) is 0.533. The third-order valence-corrected chi connectivity index (χ3v) is 3.85. The van der Waals surface area contributed by atoms with Gasteiger partial charge in [-0.3, -0.25) is 0 Å². The van der Waals surface area contributed by atoms with E-state index in [0.29, 0.717) is 6.04 Å². The molecule has 1 fully saturated rings. The third-order valence-electron chi connectivity index (χ3n) is 3.85. The smallest absolute Gasteiger partial charge is 0.104 e. The summed E-state index contributed by atoms with van der Waals surface area (Å²) in [7, 11) is 0. The first-order chi connectivity index (χ1) is 9.31. The van der Waals surface area contributed by atoms with Crippen molar-refractivity contribution in [2.75, 3.05) is 19.6 Å². The van der Waals surface area contributed by atoms with E-state index in [0.717, 1.165) is 42.9 Å². The van der Waals surface area contributed by atoms with Gasteiger partial charge in [0.2, 0.25) is 0 Å². The molecule has 0 saturated carbocycles. The molecule has 0 amide bonds. The van der Waals surface area contributed by atoms with Gasteiger partial charge in [0, 0.05) is 6.04 Å². The van der Waals surface area contributed by atoms with Crippen LogP contribution in [0.5, 0.6) is 0 Å². The van der Waals surface area contributed by atoms with Gasteiger partial charge in [-0.25, -0.2) is 4.98 Å². The Morgan fingerprint density at radius 1 is 1.32 bits per heavy atom. The molecule has 0 aliphatic carbocycles. The summed E-state index contributed by atoms with van der Waals surface area (Å²) in [4.78, 5) is 7.73. The van der Waals surface area contributed by atoms with Crippen molar-refractivity contribution in [2.24, 2.45) is 0 Å². The predicted molar refractivity (Wildman–Crippen MR) is 78.4 cm³/mol. The van der Waals surface area contributed by atoms with Gasteiger partial charge in [0.1, 0.15) is 5.82 Å². The molecule has 1 aromatic carbocycles. The molecule has 2 heterocycles. The second-order valence-corrected chi connectivity index (χ2v) is 5.40. The molecular formula is C15H22N4. The van der Waals surface area contributed by atoms with E-state index in [2.05, 4.69) is 38.8 Å². The lowest BCUT2D eigenvalue weighted by molar-refractivity contribution is 0.390. The van der Waals surface area contributed by atoms with Crippen molar-refractivity contribution in [1.82, 2.24) is 20.6 Å². The Bertz CT molecular complexity index is 540. The van der Waals surface area contributed by atoms with Crippen LogP contribution in [-0.4, -0.2) is 35.6 Å². The normalized spacial score (nSPS) is 17.1. The Balaban J connectivity index is 1.55. The molecule has 1 saturated heterocycles. The minimum atomic E-state index is 0.694. The second-order valence-electron chi connectivity index (χ2n) is 5.40. The lowest BCUT2D eigenvalue weighted by atomic mass is 10.1. The van der Waals surface area contributed by atoms with E-state index in [9.17, 15) is 0 Å². The summed E-state index contributed by atoms with van der Waals surface area (Å²) in [6.07, 6.45) is 3.58. The highest BCUT2D eigenvalue weighted by molar-refractivity contribution is 5.75. The van der Waals surface area contributed by atoms with E-state index in [1.54, 1.807) is 0 Å². The zero-order valence-electron chi connectivity index (χ0n) is 11.5. The van der Waals surface area contributed by atoms with E-state index < -0.39 is 0 Å². The molecule has 4 nitrogen and oxygen atoms in total. The van der Waals surface area contributed by atoms with Gasteiger partial charge in [-0.1, -0.05) is 6.07 Å². The average Bonchev–Trinajstić information content (AvgIpc) is 2.79. The van der Waals surface area contributed by atoms with Crippen LogP contribution in [-0.2, 0) is 6.42 Å². The molecule has 1 aliphatic heterocycles. The van der Waals surface area contributed by atoms with E-state index in [1.807, 2.05) is 6.92 Å². The highest BCUT2D eigenvalue weighted by Gasteiger charge is 2.11. The molecule has 0 atom stereocenters. The zero-order chi connectivity index (χ0) is 13.1. The number of aromatic amines is 1. The van der Waals surface area contributed by atoms with Crippen molar-refractivity contribution in [1.29, 1.82) is 0 Å². The van der Waals surface area contributed by atoms with Gasteiger partial charge in [-0.2, -0.15) is 0 Å². The van der Waals surface area contributed by atoms with E-state index in [4.69, 9.17) is 0 Å². The van der Waals surface area contributed by atoms with Gasteiger partial charge < -0.3 is 15.6 Å². The Kier molecular flexibility index (Phi) is 3.80. The van der Waals surface area contributed by atoms with Crippen LogP contribution in [0, 0.1) is 6.92 Å². The van der Waals surface area contributed by atoms with Crippen molar-refractivity contribution in [2.45, 2.75) is 32.2 Å². The van der Waals surface area contributed by atoms with Crippen molar-refractivity contribution in [3.8, 4) is 0 Å². The topological polar surface area (TPSA) is 52.7 Å². The van der Waals surface area contributed by atoms with Crippen LogP contribution in [0.1, 0.15) is 24.2 Å². The third kappa shape index (κ3) is 3.14. The van der Waals surface area contributed by atoms with Crippen LogP contribution in [0.2, 0.25) is 0 Å². The number of nitrogens with zero attached hydrogens (tertiary/aromatic N) is 1. The van der Waals surface area contributed by atoms with Crippen molar-refractivity contribution >= 4 is 11.0 Å². The zero-order valence-corrected chi connectivity index (χ0v) is 11.5. The summed E-state index contributed by atoms with van der Waals surface area (Å²) >= 11 is 0. The van der Waals surface area contributed by atoms with Gasteiger partial charge in [-0.15, -0.1) is 0 Å². The number of hydrogen-bond acceptors (Lipinski definition) is 3. The van der Waals surface area contributed by atoms with Crippen molar-refractivity contribution in [3.05, 3.63) is 29.6 Å². The maximum absolute atomic E-state index is 4.43. The Morgan fingerprint density at radius 3 is 3.00 bits per heavy atom. The number of fused-ring (bicyclic) bond motifs is 1. The van der Waals surface area contributed by atoms with Crippen LogP contribution in [0.4, 0.5) is 0 Å². The highest BCUT2D eigenvalue weighted by atomic mass is 15.0. The maximum atomic E-state index is 4.43. The van der Waals surface area contributed by atoms with Gasteiger partial charge in [0.05, 0.1) is 11.0 Å². The van der Waals surface area contributed by atoms with Crippen LogP contribution in [0.3, 0.4) is 0 Å². The highest BCUT2D eigenvalue weighted by Crippen LogP contribution is 2.14. The molecule has 0 radical (unpaired) electrons. The number of benzene rings is 1. The second kappa shape index (κ2) is 5.72. The minimum Gasteiger partial charge on any atom is -0.342 e. The molecule has 3 N–H and O–H groups in total. The van der Waals surface area contributed by atoms with Crippen LogP contribution < -0.4 is 10.6 Å². The number of aromatic nitrogens is 2. The van der Waals surface area contributed by atoms with Crippen molar-refractivity contribution < 1.29 is 0 Å². The lowest BCUT2D eigenvalue weighted by Crippen LogP contribution is -2.40. The summed E-state index contributed by atoms with van der Waals surface area (Å²) in [5.74, 6) is 0.986. The number of rotatable bonds is 4. The Morgan fingerprint density at radius 2 is 2.16 bits per heavy atom. The Labute approximate surface area is 114 Å². The largest absolute Gasteiger partial charge is 0.342 e. The molecule has 3 rings (SSSR count). The molecule has 0 spiro atoms. The molecule has 1 aromatic heterocycles. The molecular weight excluding hydrogens is 236 g/mol. The summed E-state index contributed by atoms with van der Waals surface area (Å²) < 4.78 is 0. The van der Waals surface area contributed by atoms with E-state index in [-0.39, 0.29) is 0 Å². The summed E-state index contributed by atoms with van der Waals surface area (Å²) in [5, 5.41) is 7.05. The first-order valence-electron chi connectivity index (χ1n) is 7.20. The van der Waals surface area contributed by atoms with Crippen molar-refractivity contribution in [3.63, 3.8) is 0 Å². The number of hydrogen-bond donors (Lipinski definition) is 3. The molecule has 1 aliphatic rings. The minimum absolute atomic E-state index is 0.694. The average molecular weight is 258 g/mol. The maximum Gasteiger partial charge on any atom is 0.104 e. The SMILES string of the molecule is Cc1nc2ccc(CCNC3CCNCC3)cc2[nH]1. The molecule has 0 bridgehead atoms. The Hall–Kier alpha value is -1.39. The van der Waals surface area contributed by atoms with Crippen LogP contribution in [0.25, 0.3) is 11.0 Å². The lowest BCUT2D eigenvalue weighted by Gasteiger charge is -2.23. The van der Waals surface area contributed by atoms with E-state index in [1.165, 1.54) is 18.4 Å². The van der Waals surface area contributed by atoms with Crippen LogP contribution in [0.15, 0.2) is 18.2 Å². The molecule has 4 heteroatoms. The van der Waals surface area contributed by atoms with Gasteiger partial charge in [0.25, 0.3) is 0 Å². The number of imidazole rings is 1. The van der Waals surface area contributed by atoms with Gasteiger partial charge in [-0.05, 0) is 63.5 Å². The molecule has 2 aromatic rings.